The van der Waals surface area contributed by atoms with Crippen LogP contribution in [0.5, 0.6) is 0 Å². The third kappa shape index (κ3) is 3.68. The van der Waals surface area contributed by atoms with Gasteiger partial charge in [-0.2, -0.15) is 0 Å². The fourth-order valence-electron chi connectivity index (χ4n) is 3.81. The second-order valence-electron chi connectivity index (χ2n) is 7.04. The first-order valence-electron chi connectivity index (χ1n) is 8.63. The van der Waals surface area contributed by atoms with E-state index in [0.29, 0.717) is 12.5 Å². The zero-order valence-corrected chi connectivity index (χ0v) is 14.4. The van der Waals surface area contributed by atoms with E-state index >= 15 is 0 Å². The van der Waals surface area contributed by atoms with Crippen molar-refractivity contribution in [3.8, 4) is 11.1 Å². The second-order valence-corrected chi connectivity index (χ2v) is 7.04. The Kier molecular flexibility index (Phi) is 5.00. The predicted molar refractivity (Wildman–Crippen MR) is 96.8 cm³/mol. The van der Waals surface area contributed by atoms with Crippen molar-refractivity contribution in [1.82, 2.24) is 4.90 Å². The molecule has 0 bridgehead atoms. The number of hydrogen-bond acceptors (Lipinski definition) is 2. The Bertz CT molecular complexity index is 725. The minimum absolute atomic E-state index is 0.251. The highest BCUT2D eigenvalue weighted by molar-refractivity contribution is 5.71. The van der Waals surface area contributed by atoms with Crippen LogP contribution in [0.15, 0.2) is 48.5 Å². The van der Waals surface area contributed by atoms with E-state index in [2.05, 4.69) is 67.3 Å². The van der Waals surface area contributed by atoms with Gasteiger partial charge in [-0.15, -0.1) is 0 Å². The Hall–Kier alpha value is -2.13. The molecule has 3 heteroatoms. The first kappa shape index (κ1) is 16.7. The highest BCUT2D eigenvalue weighted by atomic mass is 16.4. The zero-order chi connectivity index (χ0) is 17.1. The maximum atomic E-state index is 11.4. The maximum Gasteiger partial charge on any atom is 0.307 e. The van der Waals surface area contributed by atoms with E-state index in [9.17, 15) is 9.90 Å². The van der Waals surface area contributed by atoms with E-state index in [4.69, 9.17) is 0 Å². The summed E-state index contributed by atoms with van der Waals surface area (Å²) in [4.78, 5) is 13.7. The lowest BCUT2D eigenvalue weighted by Crippen LogP contribution is -2.42. The fraction of sp³-hybridized carbons (Fsp3) is 0.381. The van der Waals surface area contributed by atoms with Gasteiger partial charge in [-0.3, -0.25) is 9.69 Å². The monoisotopic (exact) mass is 323 g/mol. The van der Waals surface area contributed by atoms with Gasteiger partial charge < -0.3 is 5.11 Å². The molecule has 1 N–H and O–H groups in total. The van der Waals surface area contributed by atoms with Crippen LogP contribution in [0, 0.1) is 18.8 Å². The van der Waals surface area contributed by atoms with Gasteiger partial charge in [0.25, 0.3) is 0 Å². The predicted octanol–water partition coefficient (Wildman–Crippen LogP) is 4.20. The summed E-state index contributed by atoms with van der Waals surface area (Å²) >= 11 is 0. The molecule has 2 aromatic rings. The normalized spacial score (nSPS) is 21.6. The number of piperidine rings is 1. The molecule has 1 heterocycles. The average molecular weight is 323 g/mol. The van der Waals surface area contributed by atoms with Gasteiger partial charge in [0.1, 0.15) is 0 Å². The number of aliphatic carboxylic acids is 1. The molecule has 1 aliphatic rings. The summed E-state index contributed by atoms with van der Waals surface area (Å²) in [7, 11) is 0. The Morgan fingerprint density at radius 3 is 2.46 bits per heavy atom. The van der Waals surface area contributed by atoms with Gasteiger partial charge in [0.15, 0.2) is 0 Å². The van der Waals surface area contributed by atoms with Crippen molar-refractivity contribution in [2.75, 3.05) is 13.1 Å². The average Bonchev–Trinajstić information content (AvgIpc) is 2.55. The summed E-state index contributed by atoms with van der Waals surface area (Å²) in [6.45, 7) is 6.69. The van der Waals surface area contributed by atoms with E-state index in [-0.39, 0.29) is 5.92 Å². The van der Waals surface area contributed by atoms with Crippen LogP contribution in [0.25, 0.3) is 11.1 Å². The Balaban J connectivity index is 1.86. The third-order valence-corrected chi connectivity index (χ3v) is 4.93. The lowest BCUT2D eigenvalue weighted by Gasteiger charge is -2.35. The molecular formula is C21H25NO2. The summed E-state index contributed by atoms with van der Waals surface area (Å²) in [5.74, 6) is -0.497. The SMILES string of the molecule is Cc1ccccc1-c1ccccc1CN1CC(C)CC(C(=O)O)C1. The summed E-state index contributed by atoms with van der Waals surface area (Å²) < 4.78 is 0. The van der Waals surface area contributed by atoms with E-state index in [1.165, 1.54) is 22.3 Å². The van der Waals surface area contributed by atoms with Crippen LogP contribution in [-0.2, 0) is 11.3 Å². The number of likely N-dealkylation sites (tertiary alicyclic amines) is 1. The number of benzene rings is 2. The van der Waals surface area contributed by atoms with E-state index in [0.717, 1.165) is 19.5 Å². The molecule has 2 unspecified atom stereocenters. The lowest BCUT2D eigenvalue weighted by atomic mass is 9.89. The largest absolute Gasteiger partial charge is 0.481 e. The molecule has 2 atom stereocenters. The highest BCUT2D eigenvalue weighted by Crippen LogP contribution is 2.29. The third-order valence-electron chi connectivity index (χ3n) is 4.93. The van der Waals surface area contributed by atoms with Crippen LogP contribution in [0.4, 0.5) is 0 Å². The Morgan fingerprint density at radius 1 is 1.08 bits per heavy atom. The van der Waals surface area contributed by atoms with Crippen molar-refractivity contribution in [2.45, 2.75) is 26.8 Å². The van der Waals surface area contributed by atoms with Gasteiger partial charge in [0.05, 0.1) is 5.92 Å². The number of hydrogen-bond donors (Lipinski definition) is 1. The van der Waals surface area contributed by atoms with Crippen molar-refractivity contribution < 1.29 is 9.90 Å². The van der Waals surface area contributed by atoms with Gasteiger partial charge in [-0.05, 0) is 41.5 Å². The molecule has 0 amide bonds. The fourth-order valence-corrected chi connectivity index (χ4v) is 3.81. The molecule has 0 radical (unpaired) electrons. The van der Waals surface area contributed by atoms with Crippen LogP contribution < -0.4 is 0 Å². The highest BCUT2D eigenvalue weighted by Gasteiger charge is 2.29. The molecular weight excluding hydrogens is 298 g/mol. The number of carbonyl (C=O) groups is 1. The lowest BCUT2D eigenvalue weighted by molar-refractivity contribution is -0.144. The number of carboxylic acid groups (broad SMARTS) is 1. The van der Waals surface area contributed by atoms with Gasteiger partial charge in [-0.25, -0.2) is 0 Å². The first-order valence-corrected chi connectivity index (χ1v) is 8.63. The second kappa shape index (κ2) is 7.18. The minimum atomic E-state index is -0.668. The van der Waals surface area contributed by atoms with E-state index in [1.54, 1.807) is 0 Å². The molecule has 24 heavy (non-hydrogen) atoms. The molecule has 2 aromatic carbocycles. The molecule has 0 aromatic heterocycles. The summed E-state index contributed by atoms with van der Waals surface area (Å²) in [6.07, 6.45) is 0.783. The zero-order valence-electron chi connectivity index (χ0n) is 14.4. The van der Waals surface area contributed by atoms with Crippen molar-refractivity contribution in [3.05, 3.63) is 59.7 Å². The number of aryl methyl sites for hydroxylation is 1. The molecule has 3 nitrogen and oxygen atoms in total. The molecule has 0 saturated carbocycles. The standard InChI is InChI=1S/C21H25NO2/c1-15-11-18(21(23)24)14-22(12-15)13-17-8-4-6-10-20(17)19-9-5-3-7-16(19)2/h3-10,15,18H,11-14H2,1-2H3,(H,23,24). The minimum Gasteiger partial charge on any atom is -0.481 e. The maximum absolute atomic E-state index is 11.4. The Labute approximate surface area is 143 Å². The smallest absolute Gasteiger partial charge is 0.307 e. The van der Waals surface area contributed by atoms with Crippen molar-refractivity contribution in [2.24, 2.45) is 11.8 Å². The van der Waals surface area contributed by atoms with Gasteiger partial charge in [0, 0.05) is 19.6 Å². The number of carboxylic acids is 1. The van der Waals surface area contributed by atoms with Gasteiger partial charge >= 0.3 is 5.97 Å². The number of nitrogens with zero attached hydrogens (tertiary/aromatic N) is 1. The van der Waals surface area contributed by atoms with Gasteiger partial charge in [-0.1, -0.05) is 55.5 Å². The quantitative estimate of drug-likeness (QED) is 0.916. The molecule has 0 spiro atoms. The molecule has 1 fully saturated rings. The summed E-state index contributed by atoms with van der Waals surface area (Å²) in [5.41, 5.74) is 5.04. The van der Waals surface area contributed by atoms with Crippen LogP contribution in [0.2, 0.25) is 0 Å². The van der Waals surface area contributed by atoms with Crippen LogP contribution in [-0.4, -0.2) is 29.1 Å². The molecule has 1 saturated heterocycles. The number of rotatable bonds is 4. The van der Waals surface area contributed by atoms with Crippen LogP contribution in [0.3, 0.4) is 0 Å². The molecule has 1 aliphatic heterocycles. The van der Waals surface area contributed by atoms with E-state index < -0.39 is 5.97 Å². The van der Waals surface area contributed by atoms with Crippen molar-refractivity contribution >= 4 is 5.97 Å². The summed E-state index contributed by atoms with van der Waals surface area (Å²) in [5, 5.41) is 9.38. The molecule has 0 aliphatic carbocycles. The van der Waals surface area contributed by atoms with E-state index in [1.807, 2.05) is 0 Å². The van der Waals surface area contributed by atoms with Crippen molar-refractivity contribution in [1.29, 1.82) is 0 Å². The Morgan fingerprint density at radius 2 is 1.75 bits per heavy atom. The van der Waals surface area contributed by atoms with Crippen molar-refractivity contribution in [3.63, 3.8) is 0 Å². The molecule has 126 valence electrons. The molecule has 3 rings (SSSR count). The van der Waals surface area contributed by atoms with Gasteiger partial charge in [0.2, 0.25) is 0 Å². The topological polar surface area (TPSA) is 40.5 Å². The van der Waals surface area contributed by atoms with Crippen LogP contribution in [0.1, 0.15) is 24.5 Å². The first-order chi connectivity index (χ1) is 11.5. The van der Waals surface area contributed by atoms with Crippen LogP contribution >= 0.6 is 0 Å². The summed E-state index contributed by atoms with van der Waals surface area (Å²) in [6, 6.07) is 16.9.